The molecule has 0 aliphatic carbocycles. The molecule has 0 spiro atoms. The first-order valence-electron chi connectivity index (χ1n) is 8.60. The van der Waals surface area contributed by atoms with Gasteiger partial charge in [0, 0.05) is 16.9 Å². The van der Waals surface area contributed by atoms with Crippen LogP contribution in [-0.4, -0.2) is 24.3 Å². The molecular formula is C19H17BBr3F4NO3S. The second-order valence-corrected chi connectivity index (χ2v) is 16.2. The molecule has 0 saturated heterocycles. The summed E-state index contributed by atoms with van der Waals surface area (Å²) in [5, 5.41) is 0. The molecule has 13 heteroatoms. The van der Waals surface area contributed by atoms with E-state index in [9.17, 15) is 25.7 Å². The van der Waals surface area contributed by atoms with Crippen LogP contribution in [0.4, 0.5) is 17.3 Å². The average Bonchev–Trinajstić information content (AvgIpc) is 2.73. The average molecular weight is 666 g/mol. The molecule has 0 radical (unpaired) electrons. The maximum absolute atomic E-state index is 11.7. The van der Waals surface area contributed by atoms with Crippen molar-refractivity contribution in [3.63, 3.8) is 0 Å². The monoisotopic (exact) mass is 663 g/mol. The smallest absolute Gasteiger partial charge is 0.418 e. The Hall–Kier alpha value is -1.44. The lowest BCUT2D eigenvalue weighted by Crippen LogP contribution is -2.39. The summed E-state index contributed by atoms with van der Waals surface area (Å²) in [5.41, 5.74) is 2.41. The van der Waals surface area contributed by atoms with E-state index in [0.29, 0.717) is 0 Å². The number of rotatable bonds is 3. The SMILES string of the molecule is CO[n+]1ccc(-c2ccccc2)cc1.F[B-](F)(F)F.O=S(=O)(c1ccccc1)C(Br)(Br)Br. The second kappa shape index (κ2) is 12.7. The molecule has 0 N–H and O–H groups in total. The molecule has 0 atom stereocenters. The third-order valence-corrected chi connectivity index (χ3v) is 8.82. The van der Waals surface area contributed by atoms with E-state index in [2.05, 4.69) is 59.9 Å². The fraction of sp³-hybridized carbons (Fsp3) is 0.105. The lowest BCUT2D eigenvalue weighted by molar-refractivity contribution is -0.885. The summed E-state index contributed by atoms with van der Waals surface area (Å²) in [6, 6.07) is 22.5. The van der Waals surface area contributed by atoms with E-state index in [1.54, 1.807) is 30.0 Å². The highest BCUT2D eigenvalue weighted by Crippen LogP contribution is 2.42. The number of halogens is 7. The van der Waals surface area contributed by atoms with Crippen LogP contribution in [0.3, 0.4) is 0 Å². The van der Waals surface area contributed by atoms with Gasteiger partial charge >= 0.3 is 7.25 Å². The zero-order valence-corrected chi connectivity index (χ0v) is 22.0. The van der Waals surface area contributed by atoms with Gasteiger partial charge in [-0.3, -0.25) is 4.84 Å². The van der Waals surface area contributed by atoms with Crippen molar-refractivity contribution >= 4 is 64.9 Å². The highest BCUT2D eigenvalue weighted by Gasteiger charge is 2.37. The Kier molecular flexibility index (Phi) is 11.4. The zero-order chi connectivity index (χ0) is 24.4. The fourth-order valence-corrected chi connectivity index (χ4v) is 4.56. The van der Waals surface area contributed by atoms with Crippen LogP contribution >= 0.6 is 47.8 Å². The third kappa shape index (κ3) is 10.5. The van der Waals surface area contributed by atoms with Gasteiger partial charge in [-0.2, -0.15) is 0 Å². The maximum atomic E-state index is 11.7. The van der Waals surface area contributed by atoms with Gasteiger partial charge in [0.1, 0.15) is 7.11 Å². The van der Waals surface area contributed by atoms with E-state index in [0.717, 1.165) is 0 Å². The van der Waals surface area contributed by atoms with Gasteiger partial charge in [0.05, 0.1) is 4.90 Å². The standard InChI is InChI=1S/C12H12NO.C7H5Br3O2S.BF4/c1-14-13-9-7-12(8-10-13)11-5-3-2-4-6-11;8-7(9,10)13(11,12)6-4-2-1-3-5-6;2-1(3,4)5/h2-10H,1H3;1-5H;/q+1;;-1. The molecule has 4 nitrogen and oxygen atoms in total. The van der Waals surface area contributed by atoms with Crippen LogP contribution in [-0.2, 0) is 9.84 Å². The Morgan fingerprint density at radius 2 is 1.16 bits per heavy atom. The Bertz CT molecular complexity index is 1050. The molecule has 0 saturated carbocycles. The molecule has 1 aromatic heterocycles. The summed E-state index contributed by atoms with van der Waals surface area (Å²) in [6.45, 7) is 0. The summed E-state index contributed by atoms with van der Waals surface area (Å²) < 4.78 is 62.8. The van der Waals surface area contributed by atoms with Crippen LogP contribution in [0.5, 0.6) is 0 Å². The molecule has 0 fully saturated rings. The predicted octanol–water partition coefficient (Wildman–Crippen LogP) is 6.26. The number of hydrogen-bond donors (Lipinski definition) is 0. The van der Waals surface area contributed by atoms with E-state index in [-0.39, 0.29) is 4.90 Å². The lowest BCUT2D eigenvalue weighted by Gasteiger charge is -2.12. The van der Waals surface area contributed by atoms with Crippen molar-refractivity contribution in [2.75, 3.05) is 7.11 Å². The van der Waals surface area contributed by atoms with Crippen molar-refractivity contribution in [2.45, 2.75) is 6.37 Å². The topological polar surface area (TPSA) is 47.2 Å². The van der Waals surface area contributed by atoms with Gasteiger partial charge in [-0.05, 0) is 71.0 Å². The van der Waals surface area contributed by atoms with E-state index in [1.807, 2.05) is 42.7 Å². The third-order valence-electron chi connectivity index (χ3n) is 3.48. The minimum absolute atomic E-state index is 0.251. The Morgan fingerprint density at radius 1 is 0.781 bits per heavy atom. The minimum Gasteiger partial charge on any atom is -0.418 e. The van der Waals surface area contributed by atoms with Gasteiger partial charge in [-0.1, -0.05) is 48.5 Å². The predicted molar refractivity (Wildman–Crippen MR) is 128 cm³/mol. The fourth-order valence-electron chi connectivity index (χ4n) is 2.09. The first-order chi connectivity index (χ1) is 14.8. The van der Waals surface area contributed by atoms with Gasteiger partial charge in [0.15, 0.2) is 0 Å². The second-order valence-electron chi connectivity index (χ2n) is 5.75. The van der Waals surface area contributed by atoms with Gasteiger partial charge in [0.25, 0.3) is 0 Å². The first kappa shape index (κ1) is 28.6. The number of alkyl halides is 3. The minimum atomic E-state index is -6.00. The summed E-state index contributed by atoms with van der Waals surface area (Å²) in [6.07, 6.45) is 3.78. The van der Waals surface area contributed by atoms with Crippen LogP contribution in [0.15, 0.2) is 90.1 Å². The Morgan fingerprint density at radius 3 is 1.53 bits per heavy atom. The highest BCUT2D eigenvalue weighted by molar-refractivity contribution is 9.42. The number of hydrogen-bond acceptors (Lipinski definition) is 3. The van der Waals surface area contributed by atoms with E-state index >= 15 is 0 Å². The summed E-state index contributed by atoms with van der Waals surface area (Å²) in [5.74, 6) is 0. The first-order valence-corrected chi connectivity index (χ1v) is 12.5. The van der Waals surface area contributed by atoms with Crippen LogP contribution in [0.1, 0.15) is 0 Å². The summed E-state index contributed by atoms with van der Waals surface area (Å²) >= 11 is 8.95. The van der Waals surface area contributed by atoms with Crippen molar-refractivity contribution in [1.29, 1.82) is 0 Å². The number of benzene rings is 2. The molecule has 2 aromatic carbocycles. The Balaban J connectivity index is 0.000000267. The van der Waals surface area contributed by atoms with E-state index in [1.165, 1.54) is 23.3 Å². The molecule has 32 heavy (non-hydrogen) atoms. The molecule has 3 rings (SSSR count). The lowest BCUT2D eigenvalue weighted by atomic mass is 10.1. The number of sulfone groups is 1. The van der Waals surface area contributed by atoms with E-state index in [4.69, 9.17) is 4.84 Å². The molecule has 0 unspecified atom stereocenters. The van der Waals surface area contributed by atoms with Crippen molar-refractivity contribution in [3.05, 3.63) is 85.2 Å². The zero-order valence-electron chi connectivity index (χ0n) is 16.4. The van der Waals surface area contributed by atoms with Gasteiger partial charge in [0.2, 0.25) is 23.7 Å². The van der Waals surface area contributed by atoms with Gasteiger partial charge in [-0.25, -0.2) is 8.42 Å². The van der Waals surface area contributed by atoms with Crippen molar-refractivity contribution in [1.82, 2.24) is 0 Å². The Labute approximate surface area is 209 Å². The number of pyridine rings is 1. The molecule has 3 aromatic rings. The number of nitrogens with zero attached hydrogens (tertiary/aromatic N) is 1. The van der Waals surface area contributed by atoms with Crippen LogP contribution < -0.4 is 9.57 Å². The van der Waals surface area contributed by atoms with Crippen LogP contribution in [0.2, 0.25) is 0 Å². The van der Waals surface area contributed by atoms with Crippen molar-refractivity contribution in [3.8, 4) is 11.1 Å². The van der Waals surface area contributed by atoms with Crippen LogP contribution in [0, 0.1) is 0 Å². The molecular weight excluding hydrogens is 649 g/mol. The molecule has 1 heterocycles. The largest absolute Gasteiger partial charge is 0.673 e. The molecule has 0 aliphatic rings. The van der Waals surface area contributed by atoms with Crippen LogP contribution in [0.25, 0.3) is 11.1 Å². The summed E-state index contributed by atoms with van der Waals surface area (Å²) in [4.78, 5) is 5.27. The maximum Gasteiger partial charge on any atom is 0.673 e. The molecule has 0 amide bonds. The van der Waals surface area contributed by atoms with Crippen molar-refractivity contribution < 1.29 is 35.2 Å². The van der Waals surface area contributed by atoms with Crippen molar-refractivity contribution in [2.24, 2.45) is 0 Å². The molecule has 0 bridgehead atoms. The van der Waals surface area contributed by atoms with E-state index < -0.39 is 18.6 Å². The van der Waals surface area contributed by atoms with Gasteiger partial charge in [-0.15, -0.1) is 0 Å². The van der Waals surface area contributed by atoms with Gasteiger partial charge < -0.3 is 17.3 Å². The molecule has 0 aliphatic heterocycles. The number of aromatic nitrogens is 1. The highest BCUT2D eigenvalue weighted by atomic mass is 80.0. The quantitative estimate of drug-likeness (QED) is 0.144. The molecule has 174 valence electrons. The summed E-state index contributed by atoms with van der Waals surface area (Å²) in [7, 11) is -7.79. The normalized spacial score (nSPS) is 11.4.